The lowest BCUT2D eigenvalue weighted by atomic mass is 10.1. The van der Waals surface area contributed by atoms with Crippen LogP contribution in [0.1, 0.15) is 55.7 Å². The number of hydrogen-bond acceptors (Lipinski definition) is 3. The van der Waals surface area contributed by atoms with Gasteiger partial charge < -0.3 is 5.32 Å². The first-order chi connectivity index (χ1) is 10.4. The van der Waals surface area contributed by atoms with E-state index in [2.05, 4.69) is 43.1 Å². The Labute approximate surface area is 131 Å². The van der Waals surface area contributed by atoms with Crippen molar-refractivity contribution in [3.63, 3.8) is 0 Å². The standard InChI is InChI=1S/C17H24N4O/c1-5-7-15-14(12-20-21(15)17(2,3)4)16(22)19-11-13-8-6-9-18-10-13/h6,8-10,12H,5,7,11H2,1-4H3,(H,19,22). The molecule has 0 saturated heterocycles. The van der Waals surface area contributed by atoms with Gasteiger partial charge in [0.25, 0.3) is 5.91 Å². The van der Waals surface area contributed by atoms with Crippen molar-refractivity contribution in [2.24, 2.45) is 0 Å². The van der Waals surface area contributed by atoms with Crippen molar-refractivity contribution in [2.75, 3.05) is 0 Å². The number of nitrogens with zero attached hydrogens (tertiary/aromatic N) is 3. The second-order valence-electron chi connectivity index (χ2n) is 6.38. The van der Waals surface area contributed by atoms with Crippen LogP contribution in [0, 0.1) is 0 Å². The van der Waals surface area contributed by atoms with Crippen molar-refractivity contribution < 1.29 is 4.79 Å². The van der Waals surface area contributed by atoms with E-state index in [-0.39, 0.29) is 11.4 Å². The van der Waals surface area contributed by atoms with E-state index < -0.39 is 0 Å². The number of carbonyl (C=O) groups excluding carboxylic acids is 1. The quantitative estimate of drug-likeness (QED) is 0.923. The second-order valence-corrected chi connectivity index (χ2v) is 6.38. The number of aromatic nitrogens is 3. The number of pyridine rings is 1. The molecule has 0 spiro atoms. The minimum Gasteiger partial charge on any atom is -0.348 e. The largest absolute Gasteiger partial charge is 0.348 e. The molecule has 2 aromatic heterocycles. The van der Waals surface area contributed by atoms with E-state index in [1.165, 1.54) is 0 Å². The van der Waals surface area contributed by atoms with Gasteiger partial charge in [-0.25, -0.2) is 0 Å². The van der Waals surface area contributed by atoms with Gasteiger partial charge in [0.1, 0.15) is 0 Å². The van der Waals surface area contributed by atoms with E-state index in [0.717, 1.165) is 24.1 Å². The third-order valence-corrected chi connectivity index (χ3v) is 3.41. The predicted molar refractivity (Wildman–Crippen MR) is 86.6 cm³/mol. The molecule has 0 atom stereocenters. The van der Waals surface area contributed by atoms with Crippen LogP contribution in [0.4, 0.5) is 0 Å². The summed E-state index contributed by atoms with van der Waals surface area (Å²) in [4.78, 5) is 16.5. The maximum Gasteiger partial charge on any atom is 0.255 e. The van der Waals surface area contributed by atoms with Gasteiger partial charge in [0.05, 0.1) is 23.0 Å². The summed E-state index contributed by atoms with van der Waals surface area (Å²) in [6, 6.07) is 3.81. The molecular formula is C17H24N4O. The lowest BCUT2D eigenvalue weighted by Crippen LogP contribution is -2.28. The zero-order valence-corrected chi connectivity index (χ0v) is 13.8. The fourth-order valence-electron chi connectivity index (χ4n) is 2.40. The van der Waals surface area contributed by atoms with Gasteiger partial charge in [0.15, 0.2) is 0 Å². The maximum absolute atomic E-state index is 12.5. The molecular weight excluding hydrogens is 276 g/mol. The summed E-state index contributed by atoms with van der Waals surface area (Å²) in [5.41, 5.74) is 2.52. The van der Waals surface area contributed by atoms with Crippen molar-refractivity contribution in [1.82, 2.24) is 20.1 Å². The molecule has 118 valence electrons. The summed E-state index contributed by atoms with van der Waals surface area (Å²) in [6.07, 6.45) is 6.97. The average Bonchev–Trinajstić information content (AvgIpc) is 2.90. The Hall–Kier alpha value is -2.17. The first-order valence-corrected chi connectivity index (χ1v) is 7.68. The predicted octanol–water partition coefficient (Wildman–Crippen LogP) is 2.92. The molecule has 0 aliphatic rings. The maximum atomic E-state index is 12.5. The molecule has 2 rings (SSSR count). The van der Waals surface area contributed by atoms with E-state index in [1.54, 1.807) is 18.6 Å². The lowest BCUT2D eigenvalue weighted by molar-refractivity contribution is 0.0949. The Morgan fingerprint density at radius 2 is 2.09 bits per heavy atom. The zero-order chi connectivity index (χ0) is 16.2. The fraction of sp³-hybridized carbons (Fsp3) is 0.471. The van der Waals surface area contributed by atoms with Gasteiger partial charge in [-0.1, -0.05) is 19.4 Å². The summed E-state index contributed by atoms with van der Waals surface area (Å²) < 4.78 is 1.95. The van der Waals surface area contributed by atoms with E-state index in [4.69, 9.17) is 0 Å². The van der Waals surface area contributed by atoms with Crippen LogP contribution in [-0.4, -0.2) is 20.7 Å². The minimum atomic E-state index is -0.133. The molecule has 0 saturated carbocycles. The molecule has 0 bridgehead atoms. The Bertz CT molecular complexity index is 626. The number of carbonyl (C=O) groups is 1. The topological polar surface area (TPSA) is 59.8 Å². The molecule has 5 nitrogen and oxygen atoms in total. The van der Waals surface area contributed by atoms with Gasteiger partial charge in [0.2, 0.25) is 0 Å². The van der Waals surface area contributed by atoms with Crippen molar-refractivity contribution >= 4 is 5.91 Å². The summed E-state index contributed by atoms with van der Waals surface area (Å²) in [6.45, 7) is 8.86. The van der Waals surface area contributed by atoms with Crippen molar-refractivity contribution in [2.45, 2.75) is 52.6 Å². The van der Waals surface area contributed by atoms with Crippen LogP contribution in [0.15, 0.2) is 30.7 Å². The second kappa shape index (κ2) is 6.73. The van der Waals surface area contributed by atoms with Crippen molar-refractivity contribution in [3.8, 4) is 0 Å². The van der Waals surface area contributed by atoms with Crippen molar-refractivity contribution in [3.05, 3.63) is 47.5 Å². The number of hydrogen-bond donors (Lipinski definition) is 1. The Morgan fingerprint density at radius 3 is 2.68 bits per heavy atom. The number of nitrogens with one attached hydrogen (secondary N) is 1. The van der Waals surface area contributed by atoms with Gasteiger partial charge in [-0.3, -0.25) is 14.5 Å². The van der Waals surface area contributed by atoms with E-state index >= 15 is 0 Å². The molecule has 2 heterocycles. The molecule has 0 aromatic carbocycles. The molecule has 0 unspecified atom stereocenters. The molecule has 1 amide bonds. The summed E-state index contributed by atoms with van der Waals surface area (Å²) in [5, 5.41) is 7.37. The average molecular weight is 300 g/mol. The first kappa shape index (κ1) is 16.2. The monoisotopic (exact) mass is 300 g/mol. The van der Waals surface area contributed by atoms with Crippen LogP contribution < -0.4 is 5.32 Å². The molecule has 1 N–H and O–H groups in total. The van der Waals surface area contributed by atoms with Crippen LogP contribution in [0.2, 0.25) is 0 Å². The minimum absolute atomic E-state index is 0.0807. The van der Waals surface area contributed by atoms with Gasteiger partial charge in [-0.05, 0) is 38.8 Å². The summed E-state index contributed by atoms with van der Waals surface area (Å²) in [5.74, 6) is -0.0807. The number of amides is 1. The molecule has 0 radical (unpaired) electrons. The van der Waals surface area contributed by atoms with Gasteiger partial charge >= 0.3 is 0 Å². The molecule has 22 heavy (non-hydrogen) atoms. The molecule has 0 aliphatic heterocycles. The Morgan fingerprint density at radius 1 is 1.32 bits per heavy atom. The lowest BCUT2D eigenvalue weighted by Gasteiger charge is -2.22. The Kier molecular flexibility index (Phi) is 4.96. The van der Waals surface area contributed by atoms with Crippen LogP contribution in [0.25, 0.3) is 0 Å². The third-order valence-electron chi connectivity index (χ3n) is 3.41. The highest BCUT2D eigenvalue weighted by molar-refractivity contribution is 5.95. The zero-order valence-electron chi connectivity index (χ0n) is 13.8. The van der Waals surface area contributed by atoms with E-state index in [9.17, 15) is 4.79 Å². The Balaban J connectivity index is 2.17. The van der Waals surface area contributed by atoms with Gasteiger partial charge in [0, 0.05) is 18.9 Å². The highest BCUT2D eigenvalue weighted by atomic mass is 16.1. The van der Waals surface area contributed by atoms with E-state index in [0.29, 0.717) is 12.1 Å². The summed E-state index contributed by atoms with van der Waals surface area (Å²) in [7, 11) is 0. The van der Waals surface area contributed by atoms with Gasteiger partial charge in [-0.2, -0.15) is 5.10 Å². The van der Waals surface area contributed by atoms with Crippen LogP contribution in [-0.2, 0) is 18.5 Å². The smallest absolute Gasteiger partial charge is 0.255 e. The summed E-state index contributed by atoms with van der Waals surface area (Å²) >= 11 is 0. The van der Waals surface area contributed by atoms with Crippen LogP contribution >= 0.6 is 0 Å². The molecule has 0 aliphatic carbocycles. The van der Waals surface area contributed by atoms with E-state index in [1.807, 2.05) is 16.8 Å². The third kappa shape index (κ3) is 3.72. The normalized spacial score (nSPS) is 11.5. The van der Waals surface area contributed by atoms with Gasteiger partial charge in [-0.15, -0.1) is 0 Å². The highest BCUT2D eigenvalue weighted by Crippen LogP contribution is 2.20. The number of rotatable bonds is 5. The van der Waals surface area contributed by atoms with Crippen molar-refractivity contribution in [1.29, 1.82) is 0 Å². The fourth-order valence-corrected chi connectivity index (χ4v) is 2.40. The first-order valence-electron chi connectivity index (χ1n) is 7.68. The van der Waals surface area contributed by atoms with Crippen LogP contribution in [0.5, 0.6) is 0 Å². The highest BCUT2D eigenvalue weighted by Gasteiger charge is 2.23. The van der Waals surface area contributed by atoms with Crippen LogP contribution in [0.3, 0.4) is 0 Å². The SMILES string of the molecule is CCCc1c(C(=O)NCc2cccnc2)cnn1C(C)(C)C. The molecule has 0 fully saturated rings. The molecule has 2 aromatic rings. The molecule has 5 heteroatoms.